The lowest BCUT2D eigenvalue weighted by Gasteiger charge is -2.52. The molecule has 1 saturated heterocycles. The molecule has 5 heteroatoms. The van der Waals surface area contributed by atoms with Crippen LogP contribution in [0.15, 0.2) is 18.2 Å². The van der Waals surface area contributed by atoms with Crippen molar-refractivity contribution in [2.75, 3.05) is 6.54 Å². The lowest BCUT2D eigenvalue weighted by atomic mass is 9.90. The van der Waals surface area contributed by atoms with E-state index in [1.807, 2.05) is 18.2 Å². The first-order chi connectivity index (χ1) is 9.05. The van der Waals surface area contributed by atoms with Crippen LogP contribution in [0.2, 0.25) is 5.02 Å². The van der Waals surface area contributed by atoms with Crippen molar-refractivity contribution in [1.82, 2.24) is 10.2 Å². The largest absolute Gasteiger partial charge is 0.468 e. The lowest BCUT2D eigenvalue weighted by molar-refractivity contribution is -0.0679. The molecule has 1 fully saturated rings. The Morgan fingerprint density at radius 2 is 2.37 bits per heavy atom. The van der Waals surface area contributed by atoms with Gasteiger partial charge in [-0.1, -0.05) is 24.6 Å². The lowest BCUT2D eigenvalue weighted by Crippen LogP contribution is -2.64. The zero-order valence-corrected chi connectivity index (χ0v) is 12.6. The Morgan fingerprint density at radius 1 is 1.58 bits per heavy atom. The summed E-state index contributed by atoms with van der Waals surface area (Å²) < 4.78 is 6.22. The molecule has 1 N–H and O–H groups in total. The van der Waals surface area contributed by atoms with Gasteiger partial charge in [0.1, 0.15) is 5.75 Å². The van der Waals surface area contributed by atoms with E-state index in [0.29, 0.717) is 0 Å². The molecule has 0 radical (unpaired) electrons. The molecule has 2 atom stereocenters. The Labute approximate surface area is 123 Å². The minimum Gasteiger partial charge on any atom is -0.468 e. The number of rotatable bonds is 2. The standard InChI is InChI=1S/C14H17ClN2OS/c1-3-7-17-13(19)16-10-8-14(17,2)18-11-6-4-5-9(15)12(10)11/h4-6,10H,3,7-8H2,1-2H3,(H,16,19). The maximum Gasteiger partial charge on any atom is 0.184 e. The molecule has 2 heterocycles. The second kappa shape index (κ2) is 4.53. The van der Waals surface area contributed by atoms with E-state index in [1.165, 1.54) is 0 Å². The number of ether oxygens (including phenoxy) is 1. The Morgan fingerprint density at radius 3 is 3.11 bits per heavy atom. The van der Waals surface area contributed by atoms with Gasteiger partial charge >= 0.3 is 0 Å². The van der Waals surface area contributed by atoms with Crippen molar-refractivity contribution in [3.63, 3.8) is 0 Å². The average Bonchev–Trinajstić information content (AvgIpc) is 2.33. The highest BCUT2D eigenvalue weighted by Gasteiger charge is 2.47. The normalized spacial score (nSPS) is 28.5. The van der Waals surface area contributed by atoms with Crippen LogP contribution in [0.5, 0.6) is 5.75 Å². The summed E-state index contributed by atoms with van der Waals surface area (Å²) in [6, 6.07) is 5.94. The van der Waals surface area contributed by atoms with Gasteiger partial charge in [-0.3, -0.25) is 0 Å². The van der Waals surface area contributed by atoms with Crippen LogP contribution in [0.4, 0.5) is 0 Å². The van der Waals surface area contributed by atoms with E-state index in [0.717, 1.165) is 40.8 Å². The van der Waals surface area contributed by atoms with Crippen LogP contribution < -0.4 is 10.1 Å². The van der Waals surface area contributed by atoms with Gasteiger partial charge in [-0.05, 0) is 37.7 Å². The number of benzene rings is 1. The first-order valence-corrected chi connectivity index (χ1v) is 7.39. The second-order valence-electron chi connectivity index (χ2n) is 5.29. The van der Waals surface area contributed by atoms with Gasteiger partial charge in [-0.2, -0.15) is 0 Å². The van der Waals surface area contributed by atoms with Gasteiger partial charge in [0.25, 0.3) is 0 Å². The number of nitrogens with zero attached hydrogens (tertiary/aromatic N) is 1. The fourth-order valence-corrected chi connectivity index (χ4v) is 3.72. The van der Waals surface area contributed by atoms with Gasteiger partial charge in [0, 0.05) is 23.6 Å². The monoisotopic (exact) mass is 296 g/mol. The third-order valence-electron chi connectivity index (χ3n) is 3.84. The molecule has 1 aromatic rings. The molecule has 19 heavy (non-hydrogen) atoms. The van der Waals surface area contributed by atoms with Crippen molar-refractivity contribution < 1.29 is 4.74 Å². The summed E-state index contributed by atoms with van der Waals surface area (Å²) in [5.74, 6) is 0.863. The van der Waals surface area contributed by atoms with Crippen molar-refractivity contribution in [3.8, 4) is 5.75 Å². The molecule has 0 aliphatic carbocycles. The molecule has 102 valence electrons. The summed E-state index contributed by atoms with van der Waals surface area (Å²) in [4.78, 5) is 2.14. The highest BCUT2D eigenvalue weighted by atomic mass is 35.5. The highest BCUT2D eigenvalue weighted by Crippen LogP contribution is 2.46. The molecule has 1 aromatic carbocycles. The topological polar surface area (TPSA) is 24.5 Å². The van der Waals surface area contributed by atoms with Crippen LogP contribution in [-0.2, 0) is 0 Å². The number of nitrogens with one attached hydrogen (secondary N) is 1. The molecule has 0 saturated carbocycles. The molecule has 0 aromatic heterocycles. The maximum atomic E-state index is 6.30. The van der Waals surface area contributed by atoms with Crippen LogP contribution in [-0.4, -0.2) is 22.3 Å². The fourth-order valence-electron chi connectivity index (χ4n) is 3.00. The van der Waals surface area contributed by atoms with E-state index in [2.05, 4.69) is 24.1 Å². The van der Waals surface area contributed by atoms with Crippen LogP contribution >= 0.6 is 23.8 Å². The summed E-state index contributed by atoms with van der Waals surface area (Å²) in [7, 11) is 0. The summed E-state index contributed by atoms with van der Waals surface area (Å²) in [6.45, 7) is 5.14. The first-order valence-electron chi connectivity index (χ1n) is 6.61. The smallest absolute Gasteiger partial charge is 0.184 e. The fraction of sp³-hybridized carbons (Fsp3) is 0.500. The van der Waals surface area contributed by atoms with Gasteiger partial charge in [0.2, 0.25) is 0 Å². The molecule has 3 rings (SSSR count). The summed E-state index contributed by atoms with van der Waals surface area (Å²) >= 11 is 11.8. The molecule has 2 unspecified atom stereocenters. The first kappa shape index (κ1) is 13.0. The SMILES string of the molecule is CCCN1C(=S)NC2CC1(C)Oc1cccc(Cl)c12. The Balaban J connectivity index is 2.05. The molecule has 2 aliphatic heterocycles. The number of fused-ring (bicyclic) bond motifs is 4. The maximum absolute atomic E-state index is 6.30. The third-order valence-corrected chi connectivity index (χ3v) is 4.50. The Bertz CT molecular complexity index is 536. The molecule has 0 amide bonds. The van der Waals surface area contributed by atoms with Crippen molar-refractivity contribution in [3.05, 3.63) is 28.8 Å². The average molecular weight is 297 g/mol. The summed E-state index contributed by atoms with van der Waals surface area (Å²) in [5.41, 5.74) is 0.654. The molecule has 0 spiro atoms. The molecule has 2 bridgehead atoms. The van der Waals surface area contributed by atoms with Gasteiger partial charge in [0.05, 0.1) is 6.04 Å². The van der Waals surface area contributed by atoms with Crippen molar-refractivity contribution in [1.29, 1.82) is 0 Å². The predicted molar refractivity (Wildman–Crippen MR) is 80.6 cm³/mol. The van der Waals surface area contributed by atoms with Crippen molar-refractivity contribution in [2.45, 2.75) is 38.5 Å². The van der Waals surface area contributed by atoms with Gasteiger partial charge in [0.15, 0.2) is 10.8 Å². The minimum absolute atomic E-state index is 0.142. The van der Waals surface area contributed by atoms with E-state index in [9.17, 15) is 0 Å². The zero-order valence-electron chi connectivity index (χ0n) is 11.1. The predicted octanol–water partition coefficient (Wildman–Crippen LogP) is 3.48. The number of hydrogen-bond acceptors (Lipinski definition) is 2. The van der Waals surface area contributed by atoms with Crippen LogP contribution in [0.25, 0.3) is 0 Å². The van der Waals surface area contributed by atoms with Crippen LogP contribution in [0.3, 0.4) is 0 Å². The quantitative estimate of drug-likeness (QED) is 0.845. The Kier molecular flexibility index (Phi) is 3.10. The van der Waals surface area contributed by atoms with Crippen LogP contribution in [0, 0.1) is 0 Å². The van der Waals surface area contributed by atoms with Crippen molar-refractivity contribution in [2.24, 2.45) is 0 Å². The number of hydrogen-bond donors (Lipinski definition) is 1. The van der Waals surface area contributed by atoms with Crippen LogP contribution in [0.1, 0.15) is 38.3 Å². The summed E-state index contributed by atoms with van der Waals surface area (Å²) in [5, 5.41) is 4.89. The van der Waals surface area contributed by atoms with E-state index < -0.39 is 0 Å². The Hall–Kier alpha value is -1.00. The van der Waals surface area contributed by atoms with Crippen molar-refractivity contribution >= 4 is 28.9 Å². The second-order valence-corrected chi connectivity index (χ2v) is 6.08. The van der Waals surface area contributed by atoms with E-state index >= 15 is 0 Å². The number of thiocarbonyl (C=S) groups is 1. The highest BCUT2D eigenvalue weighted by molar-refractivity contribution is 7.80. The summed E-state index contributed by atoms with van der Waals surface area (Å²) in [6.07, 6.45) is 1.89. The molecular weight excluding hydrogens is 280 g/mol. The molecule has 2 aliphatic rings. The zero-order chi connectivity index (χ0) is 13.6. The van der Waals surface area contributed by atoms with Gasteiger partial charge < -0.3 is 15.0 Å². The van der Waals surface area contributed by atoms with E-state index in [1.54, 1.807) is 0 Å². The van der Waals surface area contributed by atoms with Gasteiger partial charge in [-0.15, -0.1) is 0 Å². The number of halogens is 1. The van der Waals surface area contributed by atoms with E-state index in [-0.39, 0.29) is 11.8 Å². The molecule has 3 nitrogen and oxygen atoms in total. The third kappa shape index (κ3) is 1.98. The minimum atomic E-state index is -0.374. The molecular formula is C14H17ClN2OS. The van der Waals surface area contributed by atoms with E-state index in [4.69, 9.17) is 28.6 Å². The van der Waals surface area contributed by atoms with Gasteiger partial charge in [-0.25, -0.2) is 0 Å².